The van der Waals surface area contributed by atoms with Gasteiger partial charge in [0.25, 0.3) is 0 Å². The van der Waals surface area contributed by atoms with Crippen LogP contribution in [0.25, 0.3) is 0 Å². The van der Waals surface area contributed by atoms with Crippen molar-refractivity contribution in [1.82, 2.24) is 0 Å². The first-order valence-corrected chi connectivity index (χ1v) is 6.64. The van der Waals surface area contributed by atoms with Crippen LogP contribution >= 0.6 is 0 Å². The summed E-state index contributed by atoms with van der Waals surface area (Å²) in [6.45, 7) is 10.2. The first kappa shape index (κ1) is 11.9. The van der Waals surface area contributed by atoms with Gasteiger partial charge in [-0.15, -0.1) is 0 Å². The third kappa shape index (κ3) is 1.74. The summed E-state index contributed by atoms with van der Waals surface area (Å²) < 4.78 is 0. The van der Waals surface area contributed by atoms with Gasteiger partial charge in [0.05, 0.1) is 0 Å². The molecule has 2 saturated carbocycles. The van der Waals surface area contributed by atoms with Crippen LogP contribution in [0.15, 0.2) is 12.2 Å². The summed E-state index contributed by atoms with van der Waals surface area (Å²) in [5, 5.41) is 0. The van der Waals surface area contributed by atoms with Crippen molar-refractivity contribution in [3.63, 3.8) is 0 Å². The summed E-state index contributed by atoms with van der Waals surface area (Å²) >= 11 is 0. The molecule has 2 rings (SSSR count). The Bertz CT molecular complexity index is 315. The molecule has 3 unspecified atom stereocenters. The van der Waals surface area contributed by atoms with E-state index >= 15 is 0 Å². The molecule has 0 saturated heterocycles. The molecule has 0 N–H and O–H groups in total. The van der Waals surface area contributed by atoms with E-state index in [2.05, 4.69) is 20.4 Å². The van der Waals surface area contributed by atoms with Crippen molar-refractivity contribution in [2.24, 2.45) is 23.2 Å². The van der Waals surface area contributed by atoms with E-state index in [0.717, 1.165) is 23.8 Å². The molecule has 1 nitrogen and oxygen atoms in total. The molecule has 2 bridgehead atoms. The average molecular weight is 220 g/mol. The summed E-state index contributed by atoms with van der Waals surface area (Å²) in [5.41, 5.74) is 1.04. The lowest BCUT2D eigenvalue weighted by Crippen LogP contribution is -2.35. The number of rotatable bonds is 4. The second-order valence-electron chi connectivity index (χ2n) is 6.35. The maximum Gasteiger partial charge on any atom is 0.158 e. The van der Waals surface area contributed by atoms with Crippen molar-refractivity contribution < 1.29 is 4.79 Å². The van der Waals surface area contributed by atoms with Gasteiger partial charge in [-0.05, 0) is 54.9 Å². The standard InChI is InChI=1S/C15H24O/c1-10(2)14(16)9-15(11(3)4)8-12-5-6-13(15)7-12/h11-13H,1,5-9H2,2-4H3. The van der Waals surface area contributed by atoms with Crippen LogP contribution in [0, 0.1) is 23.2 Å². The predicted molar refractivity (Wildman–Crippen MR) is 67.2 cm³/mol. The fourth-order valence-corrected chi connectivity index (χ4v) is 4.06. The largest absolute Gasteiger partial charge is 0.295 e. The molecule has 0 aliphatic heterocycles. The zero-order chi connectivity index (χ0) is 11.9. The molecule has 0 heterocycles. The first-order chi connectivity index (χ1) is 7.45. The Morgan fingerprint density at radius 2 is 2.12 bits per heavy atom. The normalized spacial score (nSPS) is 37.0. The number of allylic oxidation sites excluding steroid dienone is 1. The van der Waals surface area contributed by atoms with Crippen LogP contribution in [0.2, 0.25) is 0 Å². The fraction of sp³-hybridized carbons (Fsp3) is 0.800. The van der Waals surface area contributed by atoms with Crippen molar-refractivity contribution in [3.8, 4) is 0 Å². The molecule has 0 radical (unpaired) electrons. The van der Waals surface area contributed by atoms with Crippen LogP contribution in [0.4, 0.5) is 0 Å². The molecule has 2 aliphatic carbocycles. The Hall–Kier alpha value is -0.590. The number of Topliss-reactive ketones (excluding diaryl/α,β-unsaturated/α-hetero) is 1. The molecule has 2 fully saturated rings. The van der Waals surface area contributed by atoms with E-state index in [1.165, 1.54) is 25.7 Å². The van der Waals surface area contributed by atoms with Gasteiger partial charge in [-0.2, -0.15) is 0 Å². The Labute approximate surface area is 99.3 Å². The third-order valence-corrected chi connectivity index (χ3v) is 5.14. The van der Waals surface area contributed by atoms with Gasteiger partial charge in [-0.1, -0.05) is 26.8 Å². The highest BCUT2D eigenvalue weighted by molar-refractivity contribution is 5.94. The number of hydrogen-bond acceptors (Lipinski definition) is 1. The second-order valence-corrected chi connectivity index (χ2v) is 6.35. The molecule has 1 heteroatoms. The number of carbonyl (C=O) groups is 1. The highest BCUT2D eigenvalue weighted by atomic mass is 16.1. The van der Waals surface area contributed by atoms with Gasteiger partial charge in [0, 0.05) is 6.42 Å². The van der Waals surface area contributed by atoms with Gasteiger partial charge in [0.2, 0.25) is 0 Å². The molecule has 0 aromatic rings. The van der Waals surface area contributed by atoms with Crippen LogP contribution < -0.4 is 0 Å². The summed E-state index contributed by atoms with van der Waals surface area (Å²) in [6.07, 6.45) is 6.17. The number of carbonyl (C=O) groups excluding carboxylic acids is 1. The van der Waals surface area contributed by atoms with E-state index in [-0.39, 0.29) is 0 Å². The molecular weight excluding hydrogens is 196 g/mol. The minimum absolute atomic E-state index is 0.293. The van der Waals surface area contributed by atoms with Crippen LogP contribution in [-0.4, -0.2) is 5.78 Å². The minimum atomic E-state index is 0.293. The average Bonchev–Trinajstić information content (AvgIpc) is 2.77. The van der Waals surface area contributed by atoms with Gasteiger partial charge in [-0.3, -0.25) is 4.79 Å². The Balaban J connectivity index is 2.18. The third-order valence-electron chi connectivity index (χ3n) is 5.14. The molecule has 2 aliphatic rings. The number of ketones is 1. The SMILES string of the molecule is C=C(C)C(=O)CC1(C(C)C)CC2CCC1C2. The van der Waals surface area contributed by atoms with Crippen molar-refractivity contribution >= 4 is 5.78 Å². The molecule has 16 heavy (non-hydrogen) atoms. The summed E-state index contributed by atoms with van der Waals surface area (Å²) in [4.78, 5) is 12.0. The number of hydrogen-bond donors (Lipinski definition) is 0. The lowest BCUT2D eigenvalue weighted by Gasteiger charge is -2.41. The fourth-order valence-electron chi connectivity index (χ4n) is 4.06. The Kier molecular flexibility index (Phi) is 2.98. The monoisotopic (exact) mass is 220 g/mol. The zero-order valence-corrected chi connectivity index (χ0v) is 10.9. The quantitative estimate of drug-likeness (QED) is 0.655. The van der Waals surface area contributed by atoms with E-state index < -0.39 is 0 Å². The van der Waals surface area contributed by atoms with Crippen LogP contribution in [-0.2, 0) is 4.79 Å². The summed E-state index contributed by atoms with van der Waals surface area (Å²) in [5.74, 6) is 2.64. The van der Waals surface area contributed by atoms with Gasteiger partial charge >= 0.3 is 0 Å². The van der Waals surface area contributed by atoms with Gasteiger partial charge in [0.15, 0.2) is 5.78 Å². The highest BCUT2D eigenvalue weighted by Gasteiger charge is 2.52. The maximum atomic E-state index is 12.0. The van der Waals surface area contributed by atoms with Crippen LogP contribution in [0.1, 0.15) is 52.9 Å². The maximum absolute atomic E-state index is 12.0. The number of fused-ring (bicyclic) bond motifs is 2. The van der Waals surface area contributed by atoms with E-state index in [0.29, 0.717) is 17.1 Å². The molecule has 0 aromatic heterocycles. The van der Waals surface area contributed by atoms with Crippen LogP contribution in [0.3, 0.4) is 0 Å². The lowest BCUT2D eigenvalue weighted by atomic mass is 9.63. The molecular formula is C15H24O. The van der Waals surface area contributed by atoms with Crippen molar-refractivity contribution in [3.05, 3.63) is 12.2 Å². The van der Waals surface area contributed by atoms with E-state index in [1.807, 2.05) is 6.92 Å². The molecule has 3 atom stereocenters. The van der Waals surface area contributed by atoms with Crippen LogP contribution in [0.5, 0.6) is 0 Å². The summed E-state index contributed by atoms with van der Waals surface area (Å²) in [6, 6.07) is 0. The molecule has 0 aromatic carbocycles. The van der Waals surface area contributed by atoms with E-state index in [1.54, 1.807) is 0 Å². The zero-order valence-electron chi connectivity index (χ0n) is 10.9. The van der Waals surface area contributed by atoms with E-state index in [4.69, 9.17) is 0 Å². The molecule has 0 spiro atoms. The second kappa shape index (κ2) is 4.01. The van der Waals surface area contributed by atoms with Gasteiger partial charge in [0.1, 0.15) is 0 Å². The van der Waals surface area contributed by atoms with Gasteiger partial charge in [-0.25, -0.2) is 0 Å². The van der Waals surface area contributed by atoms with Gasteiger partial charge < -0.3 is 0 Å². The predicted octanol–water partition coefficient (Wildman–Crippen LogP) is 3.98. The van der Waals surface area contributed by atoms with Crippen molar-refractivity contribution in [2.75, 3.05) is 0 Å². The smallest absolute Gasteiger partial charge is 0.158 e. The minimum Gasteiger partial charge on any atom is -0.295 e. The first-order valence-electron chi connectivity index (χ1n) is 6.64. The Morgan fingerprint density at radius 3 is 2.50 bits per heavy atom. The lowest BCUT2D eigenvalue weighted by molar-refractivity contribution is -0.119. The molecule has 90 valence electrons. The van der Waals surface area contributed by atoms with Crippen molar-refractivity contribution in [1.29, 1.82) is 0 Å². The highest BCUT2D eigenvalue weighted by Crippen LogP contribution is 2.61. The van der Waals surface area contributed by atoms with Crippen molar-refractivity contribution in [2.45, 2.75) is 52.9 Å². The topological polar surface area (TPSA) is 17.1 Å². The Morgan fingerprint density at radius 1 is 1.44 bits per heavy atom. The molecule has 0 amide bonds. The summed E-state index contributed by atoms with van der Waals surface area (Å²) in [7, 11) is 0. The van der Waals surface area contributed by atoms with E-state index in [9.17, 15) is 4.79 Å².